The Morgan fingerprint density at radius 1 is 0.938 bits per heavy atom. The number of imide groups is 1. The van der Waals surface area contributed by atoms with Crippen LogP contribution < -0.4 is 0 Å². The van der Waals surface area contributed by atoms with E-state index in [1.54, 1.807) is 6.21 Å². The zero-order valence-electron chi connectivity index (χ0n) is 18.0. The number of fused-ring (bicyclic) bond motifs is 2. The van der Waals surface area contributed by atoms with Crippen LogP contribution in [0.3, 0.4) is 0 Å². The van der Waals surface area contributed by atoms with Gasteiger partial charge in [-0.05, 0) is 48.8 Å². The summed E-state index contributed by atoms with van der Waals surface area (Å²) in [4.78, 5) is 26.1. The normalized spacial score (nSPS) is 26.6. The molecule has 2 amide bonds. The first-order valence-corrected chi connectivity index (χ1v) is 11.3. The molecule has 2 bridgehead atoms. The first kappa shape index (κ1) is 19.2. The summed E-state index contributed by atoms with van der Waals surface area (Å²) in [6.45, 7) is 2.87. The highest BCUT2D eigenvalue weighted by atomic mass is 16.2. The van der Waals surface area contributed by atoms with Gasteiger partial charge < -0.3 is 4.57 Å². The van der Waals surface area contributed by atoms with Gasteiger partial charge in [0.05, 0.1) is 18.1 Å². The Balaban J connectivity index is 1.33. The Morgan fingerprint density at radius 3 is 2.28 bits per heavy atom. The van der Waals surface area contributed by atoms with Crippen LogP contribution >= 0.6 is 0 Å². The van der Waals surface area contributed by atoms with E-state index < -0.39 is 0 Å². The average molecular weight is 424 g/mol. The highest BCUT2D eigenvalue weighted by Crippen LogP contribution is 2.49. The minimum atomic E-state index is -0.231. The summed E-state index contributed by atoms with van der Waals surface area (Å²) >= 11 is 0. The summed E-state index contributed by atoms with van der Waals surface area (Å²) in [5.41, 5.74) is 4.52. The second-order valence-electron chi connectivity index (χ2n) is 9.23. The van der Waals surface area contributed by atoms with Gasteiger partial charge in [0.25, 0.3) is 11.8 Å². The Bertz CT molecular complexity index is 1270. The minimum Gasteiger partial charge on any atom is -0.342 e. The van der Waals surface area contributed by atoms with E-state index in [0.717, 1.165) is 40.9 Å². The van der Waals surface area contributed by atoms with Crippen molar-refractivity contribution in [2.75, 3.05) is 0 Å². The van der Waals surface area contributed by atoms with Crippen LogP contribution in [0.4, 0.5) is 0 Å². The predicted molar refractivity (Wildman–Crippen MR) is 124 cm³/mol. The molecule has 5 heteroatoms. The van der Waals surface area contributed by atoms with Crippen LogP contribution in [-0.2, 0) is 16.1 Å². The molecule has 3 aliphatic carbocycles. The van der Waals surface area contributed by atoms with Gasteiger partial charge in [-0.2, -0.15) is 10.1 Å². The standard InChI is InChI=1S/C27H25N3O2/c1-17-6-2-3-7-20(17)15-29-16-21(22-8-4-5-9-23(22)29)14-28-30-26(31)24-18-10-11-19(13-12-18)25(24)27(30)32/h2-11,14,16,18-19,24-25H,12-13,15H2,1H3/b28-14+. The maximum absolute atomic E-state index is 13.1. The van der Waals surface area contributed by atoms with E-state index in [1.165, 1.54) is 11.1 Å². The Morgan fingerprint density at radius 2 is 1.59 bits per heavy atom. The molecule has 0 spiro atoms. The number of allylic oxidation sites excluding steroid dienone is 2. The van der Waals surface area contributed by atoms with E-state index in [4.69, 9.17) is 0 Å². The number of amides is 2. The topological polar surface area (TPSA) is 54.7 Å². The summed E-state index contributed by atoms with van der Waals surface area (Å²) < 4.78 is 2.20. The zero-order chi connectivity index (χ0) is 21.8. The molecule has 160 valence electrons. The molecule has 2 aromatic carbocycles. The second kappa shape index (κ2) is 7.30. The summed E-state index contributed by atoms with van der Waals surface area (Å²) in [7, 11) is 0. The lowest BCUT2D eigenvalue weighted by Crippen LogP contribution is -2.38. The molecule has 3 aromatic rings. The van der Waals surface area contributed by atoms with Crippen molar-refractivity contribution in [2.24, 2.45) is 28.8 Å². The van der Waals surface area contributed by atoms with Crippen molar-refractivity contribution in [1.82, 2.24) is 9.58 Å². The summed E-state index contributed by atoms with van der Waals surface area (Å²) in [5.74, 6) is -0.384. The van der Waals surface area contributed by atoms with Crippen molar-refractivity contribution in [1.29, 1.82) is 0 Å². The molecule has 1 aromatic heterocycles. The fourth-order valence-corrected chi connectivity index (χ4v) is 5.77. The maximum Gasteiger partial charge on any atom is 0.254 e. The van der Waals surface area contributed by atoms with E-state index in [2.05, 4.69) is 65.3 Å². The van der Waals surface area contributed by atoms with Crippen LogP contribution in [0.2, 0.25) is 0 Å². The highest BCUT2D eigenvalue weighted by Gasteiger charge is 2.56. The van der Waals surface area contributed by atoms with E-state index >= 15 is 0 Å². The number of nitrogens with zero attached hydrogens (tertiary/aromatic N) is 3. The number of aryl methyl sites for hydroxylation is 1. The van der Waals surface area contributed by atoms with Crippen LogP contribution in [0.25, 0.3) is 10.9 Å². The minimum absolute atomic E-state index is 0.140. The van der Waals surface area contributed by atoms with Gasteiger partial charge in [0.1, 0.15) is 0 Å². The Kier molecular flexibility index (Phi) is 4.39. The van der Waals surface area contributed by atoms with E-state index in [0.29, 0.717) is 0 Å². The fourth-order valence-electron chi connectivity index (χ4n) is 5.77. The molecule has 4 unspecified atom stereocenters. The van der Waals surface area contributed by atoms with Gasteiger partial charge in [-0.25, -0.2) is 0 Å². The quantitative estimate of drug-likeness (QED) is 0.352. The molecule has 5 nitrogen and oxygen atoms in total. The maximum atomic E-state index is 13.1. The van der Waals surface area contributed by atoms with Crippen molar-refractivity contribution in [3.05, 3.63) is 83.6 Å². The van der Waals surface area contributed by atoms with E-state index in [1.807, 2.05) is 18.2 Å². The number of hydrogen-bond donors (Lipinski definition) is 0. The molecule has 4 aliphatic rings. The van der Waals surface area contributed by atoms with Gasteiger partial charge in [-0.3, -0.25) is 9.59 Å². The molecule has 2 heterocycles. The molecule has 1 saturated heterocycles. The third kappa shape index (κ3) is 2.88. The fraction of sp³-hybridized carbons (Fsp3) is 0.296. The highest BCUT2D eigenvalue weighted by molar-refractivity contribution is 6.07. The van der Waals surface area contributed by atoms with Gasteiger partial charge in [-0.1, -0.05) is 54.6 Å². The monoisotopic (exact) mass is 423 g/mol. The average Bonchev–Trinajstić information content (AvgIpc) is 3.31. The number of carbonyl (C=O) groups excluding carboxylic acids is 2. The smallest absolute Gasteiger partial charge is 0.254 e. The molecule has 1 aliphatic heterocycles. The molecular weight excluding hydrogens is 398 g/mol. The number of carbonyl (C=O) groups is 2. The SMILES string of the molecule is Cc1ccccc1Cn1cc(/C=N/N2C(=O)C3C4C=CC(CC4)C3C2=O)c2ccccc21. The van der Waals surface area contributed by atoms with Gasteiger partial charge in [0, 0.05) is 29.2 Å². The second-order valence-corrected chi connectivity index (χ2v) is 9.23. The lowest BCUT2D eigenvalue weighted by atomic mass is 9.63. The molecule has 1 saturated carbocycles. The summed E-state index contributed by atoms with van der Waals surface area (Å²) in [6.07, 6.45) is 9.99. The lowest BCUT2D eigenvalue weighted by Gasteiger charge is -2.37. The number of aromatic nitrogens is 1. The number of benzene rings is 2. The largest absolute Gasteiger partial charge is 0.342 e. The molecule has 2 fully saturated rings. The first-order chi connectivity index (χ1) is 15.6. The van der Waals surface area contributed by atoms with E-state index in [-0.39, 0.29) is 35.5 Å². The van der Waals surface area contributed by atoms with Crippen molar-refractivity contribution in [2.45, 2.75) is 26.3 Å². The van der Waals surface area contributed by atoms with Crippen molar-refractivity contribution in [3.8, 4) is 0 Å². The van der Waals surface area contributed by atoms with Gasteiger partial charge >= 0.3 is 0 Å². The molecule has 0 N–H and O–H groups in total. The summed E-state index contributed by atoms with van der Waals surface area (Å²) in [6, 6.07) is 16.5. The van der Waals surface area contributed by atoms with Crippen LogP contribution in [-0.4, -0.2) is 27.6 Å². The van der Waals surface area contributed by atoms with Crippen molar-refractivity contribution >= 4 is 28.9 Å². The predicted octanol–water partition coefficient (Wildman–Crippen LogP) is 4.53. The molecule has 32 heavy (non-hydrogen) atoms. The number of hydrazone groups is 1. The van der Waals surface area contributed by atoms with Gasteiger partial charge in [0.15, 0.2) is 0 Å². The molecular formula is C27H25N3O2. The van der Waals surface area contributed by atoms with Crippen LogP contribution in [0.15, 0.2) is 72.0 Å². The summed E-state index contributed by atoms with van der Waals surface area (Å²) in [5, 5.41) is 6.63. The lowest BCUT2D eigenvalue weighted by molar-refractivity contribution is -0.140. The molecule has 0 radical (unpaired) electrons. The number of hydrogen-bond acceptors (Lipinski definition) is 3. The van der Waals surface area contributed by atoms with Crippen molar-refractivity contribution < 1.29 is 9.59 Å². The van der Waals surface area contributed by atoms with E-state index in [9.17, 15) is 9.59 Å². The van der Waals surface area contributed by atoms with Crippen LogP contribution in [0.1, 0.15) is 29.5 Å². The Labute approximate surface area is 187 Å². The zero-order valence-corrected chi connectivity index (χ0v) is 18.0. The third-order valence-corrected chi connectivity index (χ3v) is 7.47. The molecule has 7 rings (SSSR count). The van der Waals surface area contributed by atoms with Crippen LogP contribution in [0, 0.1) is 30.6 Å². The van der Waals surface area contributed by atoms with Gasteiger partial charge in [0.2, 0.25) is 0 Å². The third-order valence-electron chi connectivity index (χ3n) is 7.47. The first-order valence-electron chi connectivity index (χ1n) is 11.3. The van der Waals surface area contributed by atoms with Gasteiger partial charge in [-0.15, -0.1) is 0 Å². The van der Waals surface area contributed by atoms with Crippen molar-refractivity contribution in [3.63, 3.8) is 0 Å². The number of para-hydroxylation sites is 1. The Hall–Kier alpha value is -3.47. The molecule has 4 atom stereocenters. The van der Waals surface area contributed by atoms with Crippen LogP contribution in [0.5, 0.6) is 0 Å². The number of rotatable bonds is 4.